The van der Waals surface area contributed by atoms with E-state index in [9.17, 15) is 27.9 Å². The maximum absolute atomic E-state index is 12.7. The molecule has 1 atom stereocenters. The quantitative estimate of drug-likeness (QED) is 0.677. The standard InChI is InChI=1S/C19H16ClF3N2O3/c1-3-11-5-4-6-13(9-11)24-16(26)12-7-8-15(14(20)10-12)25-17(27)18(2,28)19(21,22)23/h3-10,28H,1H2,2H3,(H,24,26)(H,25,27). The minimum Gasteiger partial charge on any atom is -0.373 e. The average molecular weight is 413 g/mol. The maximum Gasteiger partial charge on any atom is 0.426 e. The molecule has 0 saturated heterocycles. The Morgan fingerprint density at radius 1 is 1.14 bits per heavy atom. The lowest BCUT2D eigenvalue weighted by Crippen LogP contribution is -2.52. The van der Waals surface area contributed by atoms with E-state index in [-0.39, 0.29) is 16.3 Å². The number of benzene rings is 2. The van der Waals surface area contributed by atoms with Gasteiger partial charge in [-0.3, -0.25) is 9.59 Å². The van der Waals surface area contributed by atoms with Crippen LogP contribution in [0.3, 0.4) is 0 Å². The van der Waals surface area contributed by atoms with Crippen molar-refractivity contribution >= 4 is 40.9 Å². The third-order valence-corrected chi connectivity index (χ3v) is 4.17. The number of nitrogens with one attached hydrogen (secondary N) is 2. The molecule has 2 aromatic carbocycles. The third kappa shape index (κ3) is 4.71. The fraction of sp³-hybridized carbons (Fsp3) is 0.158. The van der Waals surface area contributed by atoms with Crippen LogP contribution in [0.2, 0.25) is 5.02 Å². The van der Waals surface area contributed by atoms with E-state index in [1.54, 1.807) is 30.3 Å². The number of rotatable bonds is 5. The van der Waals surface area contributed by atoms with Crippen molar-refractivity contribution in [2.45, 2.75) is 18.7 Å². The normalized spacial score (nSPS) is 13.4. The number of hydrogen-bond acceptors (Lipinski definition) is 3. The molecule has 28 heavy (non-hydrogen) atoms. The number of alkyl halides is 3. The lowest BCUT2D eigenvalue weighted by molar-refractivity contribution is -0.242. The topological polar surface area (TPSA) is 78.4 Å². The van der Waals surface area contributed by atoms with E-state index < -0.39 is 23.6 Å². The number of halogens is 4. The van der Waals surface area contributed by atoms with E-state index in [0.717, 1.165) is 5.56 Å². The summed E-state index contributed by atoms with van der Waals surface area (Å²) in [5.41, 5.74) is -2.35. The van der Waals surface area contributed by atoms with Crippen LogP contribution in [0.15, 0.2) is 49.0 Å². The number of carbonyl (C=O) groups excluding carboxylic acids is 2. The molecule has 0 aromatic heterocycles. The van der Waals surface area contributed by atoms with Gasteiger partial charge in [0.25, 0.3) is 11.8 Å². The second kappa shape index (κ2) is 8.04. The summed E-state index contributed by atoms with van der Waals surface area (Å²) in [5.74, 6) is -2.20. The van der Waals surface area contributed by atoms with Gasteiger partial charge in [-0.15, -0.1) is 0 Å². The predicted octanol–water partition coefficient (Wildman–Crippen LogP) is 4.49. The van der Waals surface area contributed by atoms with Crippen molar-refractivity contribution in [3.63, 3.8) is 0 Å². The summed E-state index contributed by atoms with van der Waals surface area (Å²) < 4.78 is 38.1. The summed E-state index contributed by atoms with van der Waals surface area (Å²) in [4.78, 5) is 24.0. The molecule has 2 rings (SSSR count). The molecule has 0 saturated carbocycles. The highest BCUT2D eigenvalue weighted by molar-refractivity contribution is 6.34. The zero-order chi connectivity index (χ0) is 21.1. The van der Waals surface area contributed by atoms with Crippen molar-refractivity contribution in [2.24, 2.45) is 0 Å². The smallest absolute Gasteiger partial charge is 0.373 e. The number of carbonyl (C=O) groups is 2. The molecular formula is C19H16ClF3N2O3. The lowest BCUT2D eigenvalue weighted by atomic mass is 10.1. The van der Waals surface area contributed by atoms with Gasteiger partial charge in [-0.05, 0) is 42.8 Å². The second-order valence-electron chi connectivity index (χ2n) is 6.00. The largest absolute Gasteiger partial charge is 0.426 e. The Hall–Kier alpha value is -2.84. The van der Waals surface area contributed by atoms with Crippen LogP contribution in [0.1, 0.15) is 22.8 Å². The van der Waals surface area contributed by atoms with Crippen LogP contribution in [-0.4, -0.2) is 28.7 Å². The highest BCUT2D eigenvalue weighted by Gasteiger charge is 2.55. The Bertz CT molecular complexity index is 927. The average Bonchev–Trinajstić information content (AvgIpc) is 2.62. The SMILES string of the molecule is C=Cc1cccc(NC(=O)c2ccc(NC(=O)C(C)(O)C(F)(F)F)c(Cl)c2)c1. The van der Waals surface area contributed by atoms with Crippen LogP contribution in [0.25, 0.3) is 6.08 Å². The van der Waals surface area contributed by atoms with Gasteiger partial charge in [0.15, 0.2) is 0 Å². The number of anilines is 2. The summed E-state index contributed by atoms with van der Waals surface area (Å²) in [5, 5.41) is 13.7. The number of hydrogen-bond donors (Lipinski definition) is 3. The van der Waals surface area contributed by atoms with Crippen molar-refractivity contribution in [1.82, 2.24) is 0 Å². The maximum atomic E-state index is 12.7. The molecular weight excluding hydrogens is 397 g/mol. The van der Waals surface area contributed by atoms with E-state index in [1.807, 2.05) is 5.32 Å². The molecule has 0 bridgehead atoms. The first-order valence-corrected chi connectivity index (χ1v) is 8.27. The summed E-state index contributed by atoms with van der Waals surface area (Å²) in [7, 11) is 0. The molecule has 0 aliphatic carbocycles. The highest BCUT2D eigenvalue weighted by atomic mass is 35.5. The first-order valence-electron chi connectivity index (χ1n) is 7.89. The van der Waals surface area contributed by atoms with Crippen LogP contribution >= 0.6 is 11.6 Å². The Kier molecular flexibility index (Phi) is 6.16. The predicted molar refractivity (Wildman–Crippen MR) is 101 cm³/mol. The van der Waals surface area contributed by atoms with Gasteiger partial charge in [-0.2, -0.15) is 13.2 Å². The minimum absolute atomic E-state index is 0.120. The molecule has 2 aromatic rings. The fourth-order valence-corrected chi connectivity index (χ4v) is 2.30. The van der Waals surface area contributed by atoms with Crippen LogP contribution in [0.5, 0.6) is 0 Å². The molecule has 2 amide bonds. The van der Waals surface area contributed by atoms with Gasteiger partial charge in [-0.1, -0.05) is 36.4 Å². The second-order valence-corrected chi connectivity index (χ2v) is 6.41. The Morgan fingerprint density at radius 3 is 2.39 bits per heavy atom. The Balaban J connectivity index is 2.16. The summed E-state index contributed by atoms with van der Waals surface area (Å²) in [6.07, 6.45) is -3.55. The monoisotopic (exact) mass is 412 g/mol. The fourth-order valence-electron chi connectivity index (χ4n) is 2.08. The first kappa shape index (κ1) is 21.5. The molecule has 0 radical (unpaired) electrons. The number of amides is 2. The summed E-state index contributed by atoms with van der Waals surface area (Å²) >= 11 is 5.96. The van der Waals surface area contributed by atoms with E-state index >= 15 is 0 Å². The zero-order valence-corrected chi connectivity index (χ0v) is 15.4. The molecule has 5 nitrogen and oxygen atoms in total. The van der Waals surface area contributed by atoms with Gasteiger partial charge >= 0.3 is 6.18 Å². The lowest BCUT2D eigenvalue weighted by Gasteiger charge is -2.25. The van der Waals surface area contributed by atoms with Crippen LogP contribution in [-0.2, 0) is 4.79 Å². The van der Waals surface area contributed by atoms with E-state index in [2.05, 4.69) is 11.9 Å². The molecule has 1 unspecified atom stereocenters. The molecule has 0 aliphatic rings. The van der Waals surface area contributed by atoms with Gasteiger partial charge in [0.2, 0.25) is 5.60 Å². The van der Waals surface area contributed by atoms with Crippen LogP contribution in [0, 0.1) is 0 Å². The van der Waals surface area contributed by atoms with E-state index in [4.69, 9.17) is 11.6 Å². The highest BCUT2D eigenvalue weighted by Crippen LogP contribution is 2.32. The van der Waals surface area contributed by atoms with Gasteiger partial charge in [0.05, 0.1) is 10.7 Å². The Morgan fingerprint density at radius 2 is 1.82 bits per heavy atom. The molecule has 0 fully saturated rings. The molecule has 9 heteroatoms. The molecule has 3 N–H and O–H groups in total. The van der Waals surface area contributed by atoms with E-state index in [1.165, 1.54) is 18.2 Å². The number of aliphatic hydroxyl groups is 1. The van der Waals surface area contributed by atoms with Gasteiger partial charge < -0.3 is 15.7 Å². The van der Waals surface area contributed by atoms with Gasteiger partial charge in [0.1, 0.15) is 0 Å². The summed E-state index contributed by atoms with van der Waals surface area (Å²) in [6, 6.07) is 10.5. The first-order chi connectivity index (χ1) is 13.0. The minimum atomic E-state index is -5.16. The molecule has 0 spiro atoms. The van der Waals surface area contributed by atoms with Crippen molar-refractivity contribution < 1.29 is 27.9 Å². The van der Waals surface area contributed by atoms with E-state index in [0.29, 0.717) is 12.6 Å². The van der Waals surface area contributed by atoms with Crippen molar-refractivity contribution in [3.8, 4) is 0 Å². The van der Waals surface area contributed by atoms with Crippen molar-refractivity contribution in [1.29, 1.82) is 0 Å². The Labute approximate surface area is 163 Å². The molecule has 0 aliphatic heterocycles. The van der Waals surface area contributed by atoms with Crippen molar-refractivity contribution in [3.05, 3.63) is 65.2 Å². The summed E-state index contributed by atoms with van der Waals surface area (Å²) in [6.45, 7) is 3.96. The van der Waals surface area contributed by atoms with Crippen LogP contribution in [0.4, 0.5) is 24.5 Å². The zero-order valence-electron chi connectivity index (χ0n) is 14.6. The molecule has 148 valence electrons. The van der Waals surface area contributed by atoms with Crippen LogP contribution < -0.4 is 10.6 Å². The third-order valence-electron chi connectivity index (χ3n) is 3.85. The van der Waals surface area contributed by atoms with Gasteiger partial charge in [0, 0.05) is 11.3 Å². The van der Waals surface area contributed by atoms with Crippen molar-refractivity contribution in [2.75, 3.05) is 10.6 Å². The van der Waals surface area contributed by atoms with Gasteiger partial charge in [-0.25, -0.2) is 0 Å². The molecule has 0 heterocycles.